The summed E-state index contributed by atoms with van der Waals surface area (Å²) in [5.74, 6) is 0.294. The first-order valence-corrected chi connectivity index (χ1v) is 8.33. The lowest BCUT2D eigenvalue weighted by Gasteiger charge is -2.23. The van der Waals surface area contributed by atoms with Crippen molar-refractivity contribution < 1.29 is 4.79 Å². The van der Waals surface area contributed by atoms with Crippen LogP contribution in [0.4, 0.5) is 0 Å². The normalized spacial score (nSPS) is 19.5. The summed E-state index contributed by atoms with van der Waals surface area (Å²) in [5.41, 5.74) is 3.46. The number of carbonyl (C=O) groups excluding carboxylic acids is 1. The van der Waals surface area contributed by atoms with E-state index in [1.165, 1.54) is 17.7 Å². The minimum Gasteiger partial charge on any atom is -0.343 e. The lowest BCUT2D eigenvalue weighted by molar-refractivity contribution is -0.131. The summed E-state index contributed by atoms with van der Waals surface area (Å²) in [6, 6.07) is 0.612. The zero-order chi connectivity index (χ0) is 16.3. The van der Waals surface area contributed by atoms with E-state index >= 15 is 0 Å². The average molecular weight is 306 g/mol. The molecule has 0 unspecified atom stereocenters. The van der Waals surface area contributed by atoms with Gasteiger partial charge in [-0.15, -0.1) is 0 Å². The Bertz CT molecular complexity index is 521. The molecule has 124 valence electrons. The van der Waals surface area contributed by atoms with Gasteiger partial charge in [-0.2, -0.15) is 5.10 Å². The molecule has 22 heavy (non-hydrogen) atoms. The molecule has 1 aromatic heterocycles. The second-order valence-electron chi connectivity index (χ2n) is 6.70. The molecule has 1 saturated heterocycles. The standard InChI is InChI=1S/C17H30N4O/c1-13-16(14(2)20(5)18-13)8-9-17(22)21-11-6-7-15(10-12-21)19(3)4/h15H,6-12H2,1-5H3/t15-/m0/s1. The first-order valence-electron chi connectivity index (χ1n) is 8.33. The van der Waals surface area contributed by atoms with E-state index in [0.29, 0.717) is 18.4 Å². The molecule has 2 heterocycles. The largest absolute Gasteiger partial charge is 0.343 e. The quantitative estimate of drug-likeness (QED) is 0.853. The molecule has 1 aliphatic rings. The summed E-state index contributed by atoms with van der Waals surface area (Å²) in [6.07, 6.45) is 4.79. The molecule has 1 atom stereocenters. The number of hydrogen-bond donors (Lipinski definition) is 0. The molecule has 1 aromatic rings. The Hall–Kier alpha value is -1.36. The third-order valence-corrected chi connectivity index (χ3v) is 5.03. The molecule has 1 aliphatic heterocycles. The van der Waals surface area contributed by atoms with Crippen LogP contribution in [-0.2, 0) is 18.3 Å². The number of aromatic nitrogens is 2. The Morgan fingerprint density at radius 3 is 2.59 bits per heavy atom. The van der Waals surface area contributed by atoms with Crippen molar-refractivity contribution in [1.82, 2.24) is 19.6 Å². The first kappa shape index (κ1) is 17.0. The number of hydrogen-bond acceptors (Lipinski definition) is 3. The molecule has 0 aliphatic carbocycles. The molecule has 0 bridgehead atoms. The van der Waals surface area contributed by atoms with Gasteiger partial charge in [0.05, 0.1) is 5.69 Å². The van der Waals surface area contributed by atoms with Gasteiger partial charge >= 0.3 is 0 Å². The molecule has 1 fully saturated rings. The number of amides is 1. The number of carbonyl (C=O) groups is 1. The van der Waals surface area contributed by atoms with Crippen molar-refractivity contribution in [3.8, 4) is 0 Å². The van der Waals surface area contributed by atoms with Gasteiger partial charge in [-0.25, -0.2) is 0 Å². The predicted molar refractivity (Wildman–Crippen MR) is 88.9 cm³/mol. The van der Waals surface area contributed by atoms with Gasteiger partial charge in [-0.3, -0.25) is 9.48 Å². The molecule has 0 saturated carbocycles. The second-order valence-corrected chi connectivity index (χ2v) is 6.70. The third kappa shape index (κ3) is 3.88. The van der Waals surface area contributed by atoms with Crippen molar-refractivity contribution in [2.75, 3.05) is 27.2 Å². The topological polar surface area (TPSA) is 41.4 Å². The Balaban J connectivity index is 1.89. The zero-order valence-electron chi connectivity index (χ0n) is 14.7. The van der Waals surface area contributed by atoms with E-state index in [1.807, 2.05) is 18.7 Å². The molecular formula is C17H30N4O. The van der Waals surface area contributed by atoms with E-state index in [4.69, 9.17) is 0 Å². The molecule has 5 nitrogen and oxygen atoms in total. The van der Waals surface area contributed by atoms with Crippen molar-refractivity contribution in [2.24, 2.45) is 7.05 Å². The zero-order valence-corrected chi connectivity index (χ0v) is 14.7. The molecule has 1 amide bonds. The van der Waals surface area contributed by atoms with Gasteiger partial charge in [0.25, 0.3) is 0 Å². The number of aryl methyl sites for hydroxylation is 2. The van der Waals surface area contributed by atoms with Gasteiger partial charge in [-0.05, 0) is 59.2 Å². The molecule has 5 heteroatoms. The first-order chi connectivity index (χ1) is 10.4. The van der Waals surface area contributed by atoms with Crippen LogP contribution in [0.15, 0.2) is 0 Å². The maximum atomic E-state index is 12.5. The predicted octanol–water partition coefficient (Wildman–Crippen LogP) is 1.91. The fourth-order valence-electron chi connectivity index (χ4n) is 3.41. The second kappa shape index (κ2) is 7.27. The van der Waals surface area contributed by atoms with Crippen molar-refractivity contribution in [3.63, 3.8) is 0 Å². The van der Waals surface area contributed by atoms with Gasteiger partial charge in [0.1, 0.15) is 0 Å². The Morgan fingerprint density at radius 1 is 1.27 bits per heavy atom. The third-order valence-electron chi connectivity index (χ3n) is 5.03. The number of nitrogens with zero attached hydrogens (tertiary/aromatic N) is 4. The number of likely N-dealkylation sites (tertiary alicyclic amines) is 1. The molecule has 0 radical (unpaired) electrons. The summed E-state index contributed by atoms with van der Waals surface area (Å²) in [6.45, 7) is 5.91. The van der Waals surface area contributed by atoms with E-state index < -0.39 is 0 Å². The van der Waals surface area contributed by atoms with Crippen LogP contribution in [0.3, 0.4) is 0 Å². The lowest BCUT2D eigenvalue weighted by Crippen LogP contribution is -2.34. The van der Waals surface area contributed by atoms with E-state index in [0.717, 1.165) is 38.0 Å². The smallest absolute Gasteiger partial charge is 0.222 e. The highest BCUT2D eigenvalue weighted by Crippen LogP contribution is 2.18. The van der Waals surface area contributed by atoms with Crippen LogP contribution in [0.25, 0.3) is 0 Å². The van der Waals surface area contributed by atoms with Crippen molar-refractivity contribution >= 4 is 5.91 Å². The van der Waals surface area contributed by atoms with Gasteiger partial charge < -0.3 is 9.80 Å². The van der Waals surface area contributed by atoms with Crippen LogP contribution in [0.5, 0.6) is 0 Å². The maximum Gasteiger partial charge on any atom is 0.222 e. The highest BCUT2D eigenvalue weighted by Gasteiger charge is 2.22. The van der Waals surface area contributed by atoms with Crippen LogP contribution in [0, 0.1) is 13.8 Å². The van der Waals surface area contributed by atoms with E-state index in [2.05, 4.69) is 35.9 Å². The van der Waals surface area contributed by atoms with E-state index in [-0.39, 0.29) is 0 Å². The minimum atomic E-state index is 0.294. The van der Waals surface area contributed by atoms with Crippen LogP contribution in [0.2, 0.25) is 0 Å². The maximum absolute atomic E-state index is 12.5. The van der Waals surface area contributed by atoms with Gasteiger partial charge in [0, 0.05) is 38.3 Å². The summed E-state index contributed by atoms with van der Waals surface area (Å²) in [4.78, 5) is 16.9. The lowest BCUT2D eigenvalue weighted by atomic mass is 10.1. The SMILES string of the molecule is Cc1nn(C)c(C)c1CCC(=O)N1CCC[C@H](N(C)C)CC1. The molecular weight excluding hydrogens is 276 g/mol. The van der Waals surface area contributed by atoms with E-state index in [9.17, 15) is 4.79 Å². The summed E-state index contributed by atoms with van der Waals surface area (Å²) < 4.78 is 1.91. The Morgan fingerprint density at radius 2 is 2.00 bits per heavy atom. The fourth-order valence-corrected chi connectivity index (χ4v) is 3.41. The van der Waals surface area contributed by atoms with Crippen LogP contribution >= 0.6 is 0 Å². The van der Waals surface area contributed by atoms with Crippen LogP contribution in [-0.4, -0.2) is 58.7 Å². The molecule has 2 rings (SSSR count). The van der Waals surface area contributed by atoms with Gasteiger partial charge in [-0.1, -0.05) is 0 Å². The highest BCUT2D eigenvalue weighted by atomic mass is 16.2. The monoisotopic (exact) mass is 306 g/mol. The van der Waals surface area contributed by atoms with Crippen LogP contribution in [0.1, 0.15) is 42.6 Å². The number of rotatable bonds is 4. The molecule has 0 N–H and O–H groups in total. The minimum absolute atomic E-state index is 0.294. The summed E-state index contributed by atoms with van der Waals surface area (Å²) >= 11 is 0. The van der Waals surface area contributed by atoms with Crippen molar-refractivity contribution in [2.45, 2.75) is 52.0 Å². The van der Waals surface area contributed by atoms with Gasteiger partial charge in [0.2, 0.25) is 5.91 Å². The van der Waals surface area contributed by atoms with Crippen molar-refractivity contribution in [1.29, 1.82) is 0 Å². The van der Waals surface area contributed by atoms with E-state index in [1.54, 1.807) is 0 Å². The highest BCUT2D eigenvalue weighted by molar-refractivity contribution is 5.76. The molecule has 0 spiro atoms. The van der Waals surface area contributed by atoms with Gasteiger partial charge in [0.15, 0.2) is 0 Å². The fraction of sp³-hybridized carbons (Fsp3) is 0.765. The Labute approximate surface area is 134 Å². The summed E-state index contributed by atoms with van der Waals surface area (Å²) in [7, 11) is 6.23. The summed E-state index contributed by atoms with van der Waals surface area (Å²) in [5, 5.41) is 4.43. The Kier molecular flexibility index (Phi) is 5.62. The average Bonchev–Trinajstić information content (AvgIpc) is 2.67. The van der Waals surface area contributed by atoms with Crippen molar-refractivity contribution in [3.05, 3.63) is 17.0 Å². The van der Waals surface area contributed by atoms with Crippen LogP contribution < -0.4 is 0 Å². The molecule has 0 aromatic carbocycles.